The van der Waals surface area contributed by atoms with Crippen LogP contribution in [0.15, 0.2) is 78.9 Å². The minimum absolute atomic E-state index is 0.306. The number of halogens is 1. The lowest BCUT2D eigenvalue weighted by atomic mass is 10.0. The highest BCUT2D eigenvalue weighted by Crippen LogP contribution is 2.36. The highest BCUT2D eigenvalue weighted by molar-refractivity contribution is 6.04. The molecule has 0 aromatic heterocycles. The van der Waals surface area contributed by atoms with Crippen molar-refractivity contribution in [3.63, 3.8) is 0 Å². The summed E-state index contributed by atoms with van der Waals surface area (Å²) in [5, 5.41) is 2.95. The molecule has 3 aromatic carbocycles. The van der Waals surface area contributed by atoms with E-state index in [-0.39, 0.29) is 11.8 Å². The summed E-state index contributed by atoms with van der Waals surface area (Å²) in [6, 6.07) is 22.8. The Morgan fingerprint density at radius 1 is 0.970 bits per heavy atom. The molecule has 0 radical (unpaired) electrons. The van der Waals surface area contributed by atoms with Gasteiger partial charge in [0.25, 0.3) is 5.91 Å². The third-order valence-electron chi connectivity index (χ3n) is 6.05. The second-order valence-corrected chi connectivity index (χ2v) is 8.48. The van der Waals surface area contributed by atoms with Crippen molar-refractivity contribution in [3.05, 3.63) is 101 Å². The quantitative estimate of drug-likeness (QED) is 0.567. The zero-order valence-electron chi connectivity index (χ0n) is 18.9. The van der Waals surface area contributed by atoms with Crippen LogP contribution in [0, 0.1) is 0 Å². The van der Waals surface area contributed by atoms with Gasteiger partial charge in [0, 0.05) is 31.9 Å². The van der Waals surface area contributed by atoms with E-state index >= 15 is 0 Å². The smallest absolute Gasteiger partial charge is 0.255 e. The summed E-state index contributed by atoms with van der Waals surface area (Å²) in [7, 11) is 3.94. The van der Waals surface area contributed by atoms with E-state index in [9.17, 15) is 14.0 Å². The van der Waals surface area contributed by atoms with Crippen LogP contribution >= 0.6 is 0 Å². The normalized spacial score (nSPS) is 15.8. The predicted octanol–water partition coefficient (Wildman–Crippen LogP) is 4.15. The van der Waals surface area contributed by atoms with E-state index in [1.165, 1.54) is 4.90 Å². The summed E-state index contributed by atoms with van der Waals surface area (Å²) in [4.78, 5) is 30.0. The standard InChI is InChI=1S/C27H28FN3O2/c1-30(2)21-14-12-20(13-15-21)18-29-26(32)25-23-10-6-7-11-24(23)27(33)31(25)22(17-28)16-19-8-4-3-5-9-19/h3-15,22,25H,16-18H2,1-2H3,(H,29,32). The number of rotatable bonds is 8. The predicted molar refractivity (Wildman–Crippen MR) is 128 cm³/mol. The van der Waals surface area contributed by atoms with E-state index in [2.05, 4.69) is 5.32 Å². The van der Waals surface area contributed by atoms with Gasteiger partial charge in [-0.2, -0.15) is 0 Å². The minimum Gasteiger partial charge on any atom is -0.378 e. The number of carbonyl (C=O) groups is 2. The van der Waals surface area contributed by atoms with Gasteiger partial charge in [0.1, 0.15) is 12.7 Å². The van der Waals surface area contributed by atoms with Crippen LogP contribution in [0.5, 0.6) is 0 Å². The SMILES string of the molecule is CN(C)c1ccc(CNC(=O)C2c3ccccc3C(=O)N2C(CF)Cc2ccccc2)cc1. The van der Waals surface area contributed by atoms with Crippen molar-refractivity contribution in [3.8, 4) is 0 Å². The summed E-state index contributed by atoms with van der Waals surface area (Å²) >= 11 is 0. The van der Waals surface area contributed by atoms with Crippen LogP contribution in [0.4, 0.5) is 10.1 Å². The van der Waals surface area contributed by atoms with Crippen LogP contribution in [0.25, 0.3) is 0 Å². The number of alkyl halides is 1. The summed E-state index contributed by atoms with van der Waals surface area (Å²) in [5.41, 5.74) is 4.01. The van der Waals surface area contributed by atoms with Gasteiger partial charge in [-0.1, -0.05) is 60.7 Å². The molecule has 2 unspecified atom stereocenters. The maximum Gasteiger partial charge on any atom is 0.255 e. The monoisotopic (exact) mass is 445 g/mol. The van der Waals surface area contributed by atoms with Gasteiger partial charge in [0.15, 0.2) is 0 Å². The van der Waals surface area contributed by atoms with Gasteiger partial charge < -0.3 is 15.1 Å². The Balaban J connectivity index is 1.57. The first-order chi connectivity index (χ1) is 16.0. The molecule has 1 heterocycles. The number of nitrogens with zero attached hydrogens (tertiary/aromatic N) is 2. The first-order valence-corrected chi connectivity index (χ1v) is 11.0. The summed E-state index contributed by atoms with van der Waals surface area (Å²) in [6.45, 7) is -0.406. The third-order valence-corrected chi connectivity index (χ3v) is 6.05. The average Bonchev–Trinajstić information content (AvgIpc) is 3.14. The van der Waals surface area contributed by atoms with Crippen molar-refractivity contribution in [2.24, 2.45) is 0 Å². The Hall–Kier alpha value is -3.67. The second-order valence-electron chi connectivity index (χ2n) is 8.48. The van der Waals surface area contributed by atoms with Gasteiger partial charge in [-0.25, -0.2) is 4.39 Å². The summed E-state index contributed by atoms with van der Waals surface area (Å²) < 4.78 is 14.3. The molecule has 6 heteroatoms. The van der Waals surface area contributed by atoms with E-state index in [1.54, 1.807) is 24.3 Å². The highest BCUT2D eigenvalue weighted by Gasteiger charge is 2.44. The van der Waals surface area contributed by atoms with Crippen LogP contribution in [0.2, 0.25) is 0 Å². The molecule has 0 spiro atoms. The van der Waals surface area contributed by atoms with Crippen LogP contribution < -0.4 is 10.2 Å². The third kappa shape index (κ3) is 4.75. The maximum atomic E-state index is 14.3. The molecule has 170 valence electrons. The number of hydrogen-bond acceptors (Lipinski definition) is 3. The molecule has 33 heavy (non-hydrogen) atoms. The van der Waals surface area contributed by atoms with E-state index in [0.717, 1.165) is 16.8 Å². The number of amides is 2. The molecule has 3 aromatic rings. The number of carbonyl (C=O) groups excluding carboxylic acids is 2. The van der Waals surface area contributed by atoms with Crippen LogP contribution in [-0.2, 0) is 17.8 Å². The first-order valence-electron chi connectivity index (χ1n) is 11.0. The topological polar surface area (TPSA) is 52.7 Å². The number of fused-ring (bicyclic) bond motifs is 1. The van der Waals surface area contributed by atoms with E-state index in [0.29, 0.717) is 24.1 Å². The lowest BCUT2D eigenvalue weighted by Crippen LogP contribution is -2.46. The van der Waals surface area contributed by atoms with Gasteiger partial charge in [0.05, 0.1) is 6.04 Å². The second kappa shape index (κ2) is 9.86. The fourth-order valence-electron chi connectivity index (χ4n) is 4.29. The molecule has 1 aliphatic heterocycles. The molecule has 2 atom stereocenters. The highest BCUT2D eigenvalue weighted by atomic mass is 19.1. The molecule has 0 aliphatic carbocycles. The molecular formula is C27H28FN3O2. The van der Waals surface area contributed by atoms with Crippen molar-refractivity contribution >= 4 is 17.5 Å². The van der Waals surface area contributed by atoms with Crippen molar-refractivity contribution in [2.45, 2.75) is 25.0 Å². The fraction of sp³-hybridized carbons (Fsp3) is 0.259. The maximum absolute atomic E-state index is 14.3. The number of nitrogens with one attached hydrogen (secondary N) is 1. The lowest BCUT2D eigenvalue weighted by Gasteiger charge is -2.31. The molecular weight excluding hydrogens is 417 g/mol. The molecule has 2 amide bonds. The molecule has 0 bridgehead atoms. The molecule has 5 nitrogen and oxygen atoms in total. The van der Waals surface area contributed by atoms with E-state index < -0.39 is 18.8 Å². The van der Waals surface area contributed by atoms with Crippen molar-refractivity contribution in [1.82, 2.24) is 10.2 Å². The zero-order chi connectivity index (χ0) is 23.4. The Morgan fingerprint density at radius 2 is 1.64 bits per heavy atom. The molecule has 1 N–H and O–H groups in total. The van der Waals surface area contributed by atoms with Crippen LogP contribution in [0.1, 0.15) is 33.1 Å². The lowest BCUT2D eigenvalue weighted by molar-refractivity contribution is -0.126. The van der Waals surface area contributed by atoms with Gasteiger partial charge in [-0.05, 0) is 41.3 Å². The first kappa shape index (κ1) is 22.5. The van der Waals surface area contributed by atoms with Crippen LogP contribution in [0.3, 0.4) is 0 Å². The molecule has 4 rings (SSSR count). The average molecular weight is 446 g/mol. The van der Waals surface area contributed by atoms with Gasteiger partial charge in [0.2, 0.25) is 5.91 Å². The fourth-order valence-corrected chi connectivity index (χ4v) is 4.29. The largest absolute Gasteiger partial charge is 0.378 e. The van der Waals surface area contributed by atoms with E-state index in [1.807, 2.05) is 73.6 Å². The minimum atomic E-state index is -0.862. The number of anilines is 1. The van der Waals surface area contributed by atoms with Crippen LogP contribution in [-0.4, -0.2) is 43.5 Å². The van der Waals surface area contributed by atoms with Gasteiger partial charge in [-0.3, -0.25) is 9.59 Å². The number of hydrogen-bond donors (Lipinski definition) is 1. The Morgan fingerprint density at radius 3 is 2.30 bits per heavy atom. The van der Waals surface area contributed by atoms with Crippen molar-refractivity contribution in [2.75, 3.05) is 25.7 Å². The Bertz CT molecular complexity index is 1120. The molecule has 0 saturated carbocycles. The zero-order valence-corrected chi connectivity index (χ0v) is 18.9. The van der Waals surface area contributed by atoms with Crippen molar-refractivity contribution < 1.29 is 14.0 Å². The molecule has 0 fully saturated rings. The molecule has 0 saturated heterocycles. The van der Waals surface area contributed by atoms with E-state index in [4.69, 9.17) is 0 Å². The van der Waals surface area contributed by atoms with Gasteiger partial charge >= 0.3 is 0 Å². The Kier molecular flexibility index (Phi) is 6.73. The van der Waals surface area contributed by atoms with Crippen molar-refractivity contribution in [1.29, 1.82) is 0 Å². The number of benzene rings is 3. The summed E-state index contributed by atoms with van der Waals surface area (Å²) in [5.74, 6) is -0.615. The van der Waals surface area contributed by atoms with Gasteiger partial charge in [-0.15, -0.1) is 0 Å². The molecule has 1 aliphatic rings. The summed E-state index contributed by atoms with van der Waals surface area (Å²) in [6.07, 6.45) is 0.340. The Labute approximate surface area is 193 Å².